The summed E-state index contributed by atoms with van der Waals surface area (Å²) in [5.74, 6) is 0.781. The van der Waals surface area contributed by atoms with E-state index in [2.05, 4.69) is 65.6 Å². The number of rotatable bonds is 13. The molecule has 0 bridgehead atoms. The van der Waals surface area contributed by atoms with E-state index in [0.717, 1.165) is 51.6 Å². The fourth-order valence-corrected chi connectivity index (χ4v) is 3.65. The van der Waals surface area contributed by atoms with Gasteiger partial charge in [-0.25, -0.2) is 0 Å². The summed E-state index contributed by atoms with van der Waals surface area (Å²) in [5, 5.41) is 6.63. The summed E-state index contributed by atoms with van der Waals surface area (Å²) >= 11 is 0. The van der Waals surface area contributed by atoms with E-state index in [9.17, 15) is 0 Å². The van der Waals surface area contributed by atoms with Crippen molar-refractivity contribution in [3.05, 3.63) is 35.4 Å². The predicted molar refractivity (Wildman–Crippen MR) is 142 cm³/mol. The first-order chi connectivity index (χ1) is 15.1. The Bertz CT molecular complexity index is 620. The third-order valence-corrected chi connectivity index (χ3v) is 5.16. The molecule has 0 saturated carbocycles. The van der Waals surface area contributed by atoms with Crippen molar-refractivity contribution in [2.75, 3.05) is 53.1 Å². The van der Waals surface area contributed by atoms with Crippen molar-refractivity contribution < 1.29 is 14.2 Å². The third-order valence-electron chi connectivity index (χ3n) is 5.16. The molecule has 0 radical (unpaired) electrons. The molecule has 8 heteroatoms. The van der Waals surface area contributed by atoms with Crippen LogP contribution < -0.4 is 10.6 Å². The summed E-state index contributed by atoms with van der Waals surface area (Å²) in [6.45, 7) is 13.6. The molecule has 7 nitrogen and oxygen atoms in total. The molecule has 0 amide bonds. The van der Waals surface area contributed by atoms with Crippen molar-refractivity contribution in [3.63, 3.8) is 0 Å². The summed E-state index contributed by atoms with van der Waals surface area (Å²) in [4.78, 5) is 6.75. The average molecular weight is 563 g/mol. The molecular weight excluding hydrogens is 519 g/mol. The van der Waals surface area contributed by atoms with Crippen molar-refractivity contribution in [1.29, 1.82) is 0 Å². The predicted octanol–water partition coefficient (Wildman–Crippen LogP) is 3.41. The van der Waals surface area contributed by atoms with Gasteiger partial charge in [0.2, 0.25) is 0 Å². The number of benzene rings is 1. The second-order valence-electron chi connectivity index (χ2n) is 8.20. The van der Waals surface area contributed by atoms with Gasteiger partial charge in [0.1, 0.15) is 0 Å². The zero-order valence-corrected chi connectivity index (χ0v) is 22.6. The van der Waals surface area contributed by atoms with E-state index in [4.69, 9.17) is 14.2 Å². The number of hydrogen-bond acceptors (Lipinski definition) is 5. The van der Waals surface area contributed by atoms with Crippen LogP contribution >= 0.6 is 24.0 Å². The van der Waals surface area contributed by atoms with Crippen LogP contribution in [0.3, 0.4) is 0 Å². The molecule has 2 unspecified atom stereocenters. The highest BCUT2D eigenvalue weighted by molar-refractivity contribution is 14.0. The topological polar surface area (TPSA) is 67.4 Å². The van der Waals surface area contributed by atoms with E-state index in [1.54, 1.807) is 7.05 Å². The number of ether oxygens (including phenoxy) is 3. The highest BCUT2D eigenvalue weighted by atomic mass is 127. The molecule has 1 aliphatic rings. The Kier molecular flexibility index (Phi) is 15.9. The largest absolute Gasteiger partial charge is 0.379 e. The monoisotopic (exact) mass is 562 g/mol. The number of nitrogens with one attached hydrogen (secondary N) is 2. The second-order valence-corrected chi connectivity index (χ2v) is 8.20. The van der Waals surface area contributed by atoms with Crippen LogP contribution in [0.15, 0.2) is 29.3 Å². The van der Waals surface area contributed by atoms with Crippen LogP contribution in [-0.4, -0.2) is 76.2 Å². The lowest BCUT2D eigenvalue weighted by Gasteiger charge is -2.35. The van der Waals surface area contributed by atoms with Crippen molar-refractivity contribution in [1.82, 2.24) is 15.5 Å². The lowest BCUT2D eigenvalue weighted by molar-refractivity contribution is -0.0704. The first-order valence-electron chi connectivity index (χ1n) is 11.7. The number of nitrogens with zero attached hydrogens (tertiary/aromatic N) is 2. The summed E-state index contributed by atoms with van der Waals surface area (Å²) < 4.78 is 16.9. The zero-order valence-electron chi connectivity index (χ0n) is 20.3. The van der Waals surface area contributed by atoms with Crippen molar-refractivity contribution in [2.45, 2.75) is 58.9 Å². The Hall–Kier alpha value is -0.940. The fourth-order valence-electron chi connectivity index (χ4n) is 3.65. The van der Waals surface area contributed by atoms with Gasteiger partial charge in [0.15, 0.2) is 5.96 Å². The number of hydrogen-bond donors (Lipinski definition) is 2. The fraction of sp³-hybridized carbons (Fsp3) is 0.708. The standard InChI is InChI=1S/C24H42N4O3.HI/c1-5-6-12-29-14-15-30-13-11-26-24(25-4)27-16-22-7-9-23(10-8-22)19-28-17-20(2)31-21(3)18-28;/h7-10,20-21H,5-6,11-19H2,1-4H3,(H2,25,26,27);1H. The summed E-state index contributed by atoms with van der Waals surface area (Å²) in [6.07, 6.45) is 2.87. The normalized spacial score (nSPS) is 19.4. The molecular formula is C24H43IN4O3. The maximum Gasteiger partial charge on any atom is 0.191 e. The molecule has 32 heavy (non-hydrogen) atoms. The SMILES string of the molecule is CCCCOCCOCCNC(=NC)NCc1ccc(CN2CC(C)OC(C)C2)cc1.I. The van der Waals surface area contributed by atoms with E-state index in [-0.39, 0.29) is 24.0 Å². The number of halogens is 1. The van der Waals surface area contributed by atoms with Crippen LogP contribution in [0.25, 0.3) is 0 Å². The number of unbranched alkanes of at least 4 members (excludes halogenated alkanes) is 1. The van der Waals surface area contributed by atoms with Gasteiger partial charge in [-0.05, 0) is 31.4 Å². The van der Waals surface area contributed by atoms with Crippen LogP contribution in [0, 0.1) is 0 Å². The van der Waals surface area contributed by atoms with E-state index in [1.807, 2.05) is 0 Å². The number of guanidine groups is 1. The lowest BCUT2D eigenvalue weighted by Crippen LogP contribution is -2.44. The van der Waals surface area contributed by atoms with Gasteiger partial charge in [-0.1, -0.05) is 37.6 Å². The van der Waals surface area contributed by atoms with Gasteiger partial charge in [0.05, 0.1) is 32.0 Å². The maximum atomic E-state index is 5.82. The summed E-state index contributed by atoms with van der Waals surface area (Å²) in [5.41, 5.74) is 2.57. The minimum absolute atomic E-state index is 0. The minimum atomic E-state index is 0. The zero-order chi connectivity index (χ0) is 22.3. The first-order valence-corrected chi connectivity index (χ1v) is 11.7. The lowest BCUT2D eigenvalue weighted by atomic mass is 10.1. The van der Waals surface area contributed by atoms with Crippen LogP contribution in [0.5, 0.6) is 0 Å². The maximum absolute atomic E-state index is 5.82. The van der Waals surface area contributed by atoms with E-state index in [0.29, 0.717) is 38.6 Å². The van der Waals surface area contributed by atoms with Crippen molar-refractivity contribution in [3.8, 4) is 0 Å². The summed E-state index contributed by atoms with van der Waals surface area (Å²) in [6, 6.07) is 8.80. The molecule has 1 heterocycles. The molecule has 1 aromatic rings. The van der Waals surface area contributed by atoms with E-state index >= 15 is 0 Å². The first kappa shape index (κ1) is 29.1. The number of aliphatic imine (C=N–C) groups is 1. The molecule has 1 saturated heterocycles. The van der Waals surface area contributed by atoms with Gasteiger partial charge in [-0.3, -0.25) is 9.89 Å². The van der Waals surface area contributed by atoms with Gasteiger partial charge in [0.25, 0.3) is 0 Å². The molecule has 2 atom stereocenters. The van der Waals surface area contributed by atoms with Crippen LogP contribution in [0.2, 0.25) is 0 Å². The third kappa shape index (κ3) is 12.3. The highest BCUT2D eigenvalue weighted by Gasteiger charge is 2.21. The quantitative estimate of drug-likeness (QED) is 0.166. The van der Waals surface area contributed by atoms with Crippen molar-refractivity contribution >= 4 is 29.9 Å². The number of morpholine rings is 1. The Morgan fingerprint density at radius 1 is 1.00 bits per heavy atom. The minimum Gasteiger partial charge on any atom is -0.379 e. The molecule has 2 rings (SSSR count). The molecule has 0 spiro atoms. The average Bonchev–Trinajstić information content (AvgIpc) is 2.75. The van der Waals surface area contributed by atoms with Gasteiger partial charge in [-0.15, -0.1) is 24.0 Å². The molecule has 1 aliphatic heterocycles. The Balaban J connectivity index is 0.00000512. The van der Waals surface area contributed by atoms with E-state index in [1.165, 1.54) is 11.1 Å². The van der Waals surface area contributed by atoms with Gasteiger partial charge in [0, 0.05) is 46.4 Å². The van der Waals surface area contributed by atoms with E-state index < -0.39 is 0 Å². The van der Waals surface area contributed by atoms with Crippen LogP contribution in [-0.2, 0) is 27.3 Å². The molecule has 184 valence electrons. The second kappa shape index (κ2) is 17.5. The molecule has 0 aromatic heterocycles. The molecule has 1 fully saturated rings. The Labute approximate surface area is 211 Å². The molecule has 0 aliphatic carbocycles. The molecule has 1 aromatic carbocycles. The van der Waals surface area contributed by atoms with Crippen molar-refractivity contribution in [2.24, 2.45) is 4.99 Å². The Morgan fingerprint density at radius 2 is 1.62 bits per heavy atom. The Morgan fingerprint density at radius 3 is 2.25 bits per heavy atom. The van der Waals surface area contributed by atoms with Crippen LogP contribution in [0.1, 0.15) is 44.7 Å². The van der Waals surface area contributed by atoms with Gasteiger partial charge in [-0.2, -0.15) is 0 Å². The smallest absolute Gasteiger partial charge is 0.191 e. The highest BCUT2D eigenvalue weighted by Crippen LogP contribution is 2.14. The van der Waals surface area contributed by atoms with Gasteiger partial charge < -0.3 is 24.8 Å². The van der Waals surface area contributed by atoms with Gasteiger partial charge >= 0.3 is 0 Å². The van der Waals surface area contributed by atoms with Crippen LogP contribution in [0.4, 0.5) is 0 Å². The summed E-state index contributed by atoms with van der Waals surface area (Å²) in [7, 11) is 1.78. The molecule has 2 N–H and O–H groups in total.